The van der Waals surface area contributed by atoms with Gasteiger partial charge in [-0.1, -0.05) is 0 Å². The van der Waals surface area contributed by atoms with Crippen molar-refractivity contribution >= 4 is 37.1 Å². The van der Waals surface area contributed by atoms with Gasteiger partial charge in [0.15, 0.2) is 0 Å². The molecule has 0 atom stereocenters. The van der Waals surface area contributed by atoms with Gasteiger partial charge in [-0.3, -0.25) is 0 Å². The minimum Gasteiger partial charge on any atom is -0.325 e. The molecule has 0 aliphatic rings. The summed E-state index contributed by atoms with van der Waals surface area (Å²) in [5.74, 6) is 0. The summed E-state index contributed by atoms with van der Waals surface area (Å²) >= 11 is 7.60. The van der Waals surface area contributed by atoms with E-state index in [0.717, 1.165) is 0 Å². The Bertz CT molecular complexity index is 381. The quantitative estimate of drug-likeness (QED) is 0.0590. The molecule has 0 aromatic carbocycles. The monoisotopic (exact) mass is 608 g/mol. The maximum atomic E-state index is 7.56. The van der Waals surface area contributed by atoms with Crippen molar-refractivity contribution in [3.8, 4) is 0 Å². The van der Waals surface area contributed by atoms with Crippen LogP contribution in [0.25, 0.3) is 0 Å². The largest absolute Gasteiger partial charge is 0.325 e. The SMILES string of the molecule is CCCCCCCCC[CH2][Mo][CH2]CCCCCCCCC.OP(O)(O)=S.OP(O)(O)=S. The molecular weight excluding hydrogens is 558 g/mol. The van der Waals surface area contributed by atoms with Gasteiger partial charge >= 0.3 is 158 Å². The third-order valence-electron chi connectivity index (χ3n) is 4.28. The first kappa shape index (κ1) is 37.3. The smallest absolute Gasteiger partial charge is 0.319 e. The normalized spacial score (nSPS) is 11.4. The summed E-state index contributed by atoms with van der Waals surface area (Å²) in [6.45, 7) is -3.01. The molecule has 0 rings (SSSR count). The predicted molar refractivity (Wildman–Crippen MR) is 137 cm³/mol. The van der Waals surface area contributed by atoms with E-state index in [0.29, 0.717) is 18.6 Å². The topological polar surface area (TPSA) is 121 Å². The molecule has 0 fully saturated rings. The van der Waals surface area contributed by atoms with Crippen LogP contribution in [0.2, 0.25) is 9.62 Å². The van der Waals surface area contributed by atoms with Crippen LogP contribution in [0, 0.1) is 0 Å². The van der Waals surface area contributed by atoms with E-state index in [1.165, 1.54) is 89.9 Å². The van der Waals surface area contributed by atoms with Crippen LogP contribution in [-0.4, -0.2) is 29.4 Å². The van der Waals surface area contributed by atoms with E-state index >= 15 is 0 Å². The first-order chi connectivity index (χ1) is 14.4. The molecule has 0 spiro atoms. The second kappa shape index (κ2) is 28.0. The maximum Gasteiger partial charge on any atom is 0.319 e. The summed E-state index contributed by atoms with van der Waals surface area (Å²) in [4.78, 5) is 48.6. The van der Waals surface area contributed by atoms with Crippen LogP contribution in [0.1, 0.15) is 117 Å². The summed E-state index contributed by atoms with van der Waals surface area (Å²) in [6.07, 6.45) is 23.7. The minimum absolute atomic E-state index is 0.391. The second-order valence-corrected chi connectivity index (χ2v) is 15.6. The summed E-state index contributed by atoms with van der Waals surface area (Å²) < 4.78 is 0. The zero-order valence-electron chi connectivity index (χ0n) is 19.5. The second-order valence-electron chi connectivity index (χ2n) is 7.59. The third-order valence-corrected chi connectivity index (χ3v) is 7.12. The average Bonchev–Trinajstić information content (AvgIpc) is 2.61. The van der Waals surface area contributed by atoms with Crippen molar-refractivity contribution in [2.45, 2.75) is 126 Å². The fourth-order valence-corrected chi connectivity index (χ4v) is 5.29. The molecule has 0 bridgehead atoms. The van der Waals surface area contributed by atoms with Crippen LogP contribution in [0.3, 0.4) is 0 Å². The van der Waals surface area contributed by atoms with Gasteiger partial charge in [-0.15, -0.1) is 0 Å². The molecule has 11 heteroatoms. The number of hydrogen-bond donors (Lipinski definition) is 6. The zero-order chi connectivity index (χ0) is 24.4. The standard InChI is InChI=1S/2C10H21.Mo.2H3O3PS/c2*1-3-5-7-9-10-8-6-4-2;;2*1-4(2,3)5/h2*1,3-10H2,2H3;;2*(H3,1,2,3,5). The van der Waals surface area contributed by atoms with Gasteiger partial charge < -0.3 is 29.4 Å². The Kier molecular flexibility index (Phi) is 33.7. The fraction of sp³-hybridized carbons (Fsp3) is 1.00. The van der Waals surface area contributed by atoms with Crippen LogP contribution in [-0.2, 0) is 42.2 Å². The molecule has 0 saturated carbocycles. The van der Waals surface area contributed by atoms with Crippen LogP contribution in [0.4, 0.5) is 0 Å². The molecule has 6 N–H and O–H groups in total. The molecular formula is C20H48MoO6P2S2. The van der Waals surface area contributed by atoms with Crippen molar-refractivity contribution in [2.75, 3.05) is 0 Å². The molecule has 0 unspecified atom stereocenters. The third kappa shape index (κ3) is 72.0. The summed E-state index contributed by atoms with van der Waals surface area (Å²) in [6, 6.07) is 0. The van der Waals surface area contributed by atoms with Crippen molar-refractivity contribution < 1.29 is 47.9 Å². The maximum absolute atomic E-state index is 7.56. The van der Waals surface area contributed by atoms with Gasteiger partial charge in [-0.05, 0) is 23.6 Å². The van der Waals surface area contributed by atoms with E-state index in [2.05, 4.69) is 37.5 Å². The molecule has 0 heterocycles. The Morgan fingerprint density at radius 3 is 0.871 bits per heavy atom. The Morgan fingerprint density at radius 2 is 0.645 bits per heavy atom. The van der Waals surface area contributed by atoms with Gasteiger partial charge in [0.05, 0.1) is 0 Å². The van der Waals surface area contributed by atoms with E-state index < -0.39 is 13.4 Å². The van der Waals surface area contributed by atoms with Crippen molar-refractivity contribution in [2.24, 2.45) is 0 Å². The van der Waals surface area contributed by atoms with E-state index in [-0.39, 0.29) is 0 Å². The van der Waals surface area contributed by atoms with E-state index in [1.807, 2.05) is 0 Å². The van der Waals surface area contributed by atoms with Crippen molar-refractivity contribution in [1.82, 2.24) is 0 Å². The van der Waals surface area contributed by atoms with Crippen LogP contribution < -0.4 is 0 Å². The van der Waals surface area contributed by atoms with Crippen LogP contribution in [0.5, 0.6) is 0 Å². The minimum atomic E-state index is -3.81. The van der Waals surface area contributed by atoms with E-state index in [9.17, 15) is 0 Å². The van der Waals surface area contributed by atoms with Gasteiger partial charge in [0, 0.05) is 0 Å². The van der Waals surface area contributed by atoms with Gasteiger partial charge in [-0.25, -0.2) is 0 Å². The zero-order valence-corrected chi connectivity index (χ0v) is 25.0. The van der Waals surface area contributed by atoms with Gasteiger partial charge in [0.2, 0.25) is 0 Å². The summed E-state index contributed by atoms with van der Waals surface area (Å²) in [7, 11) is 0. The molecule has 0 aliphatic heterocycles. The number of rotatable bonds is 18. The molecule has 31 heavy (non-hydrogen) atoms. The Morgan fingerprint density at radius 1 is 0.452 bits per heavy atom. The van der Waals surface area contributed by atoms with Crippen LogP contribution >= 0.6 is 13.4 Å². The van der Waals surface area contributed by atoms with Crippen molar-refractivity contribution in [3.05, 3.63) is 0 Å². The average molecular weight is 607 g/mol. The van der Waals surface area contributed by atoms with Gasteiger partial charge in [0.25, 0.3) is 0 Å². The molecule has 192 valence electrons. The fourth-order valence-electron chi connectivity index (χ4n) is 2.78. The van der Waals surface area contributed by atoms with Crippen molar-refractivity contribution in [3.63, 3.8) is 0 Å². The molecule has 0 radical (unpaired) electrons. The molecule has 0 amide bonds. The van der Waals surface area contributed by atoms with Crippen LogP contribution in [0.15, 0.2) is 0 Å². The predicted octanol–water partition coefficient (Wildman–Crippen LogP) is 6.56. The molecule has 6 nitrogen and oxygen atoms in total. The summed E-state index contributed by atoms with van der Waals surface area (Å²) in [5, 5.41) is 0. The molecule has 0 saturated heterocycles. The Balaban J connectivity index is -0.000000646. The molecule has 0 aliphatic carbocycles. The first-order valence-corrected chi connectivity index (χ1v) is 19.7. The summed E-state index contributed by atoms with van der Waals surface area (Å²) in [5.41, 5.74) is 0. The first-order valence-electron chi connectivity index (χ1n) is 11.6. The van der Waals surface area contributed by atoms with E-state index in [1.54, 1.807) is 22.5 Å². The van der Waals surface area contributed by atoms with E-state index in [4.69, 9.17) is 29.4 Å². The number of unbranched alkanes of at least 4 members (excludes halogenated alkanes) is 14. The van der Waals surface area contributed by atoms with Gasteiger partial charge in [0.1, 0.15) is 0 Å². The van der Waals surface area contributed by atoms with Gasteiger partial charge in [-0.2, -0.15) is 0 Å². The Hall–Kier alpha value is 1.75. The Labute approximate surface area is 210 Å². The molecule has 0 aromatic rings. The molecule has 0 aromatic heterocycles. The number of hydrogen-bond acceptors (Lipinski definition) is 2. The van der Waals surface area contributed by atoms with Crippen molar-refractivity contribution in [1.29, 1.82) is 0 Å².